The minimum atomic E-state index is -3.14. The zero-order valence-electron chi connectivity index (χ0n) is 18.7. The number of carbonyl (C=O) groups excluding carboxylic acids is 2. The summed E-state index contributed by atoms with van der Waals surface area (Å²) in [6, 6.07) is 5.30. The third-order valence-corrected chi connectivity index (χ3v) is 8.44. The largest absolute Gasteiger partial charge is 0.454 e. The van der Waals surface area contributed by atoms with Gasteiger partial charge in [0.15, 0.2) is 26.5 Å². The minimum Gasteiger partial charge on any atom is -0.454 e. The maximum absolute atomic E-state index is 12.5. The maximum atomic E-state index is 12.5. The number of amides is 2. The lowest BCUT2D eigenvalue weighted by Gasteiger charge is -2.24. The number of hydrogen-bond donors (Lipinski definition) is 1. The van der Waals surface area contributed by atoms with Crippen LogP contribution in [0.25, 0.3) is 0 Å². The number of thioether (sulfide) groups is 1. The first kappa shape index (κ1) is 23.7. The fourth-order valence-corrected chi connectivity index (χ4v) is 7.77. The molecule has 180 valence electrons. The molecule has 1 aromatic rings. The van der Waals surface area contributed by atoms with Gasteiger partial charge in [-0.05, 0) is 38.5 Å². The van der Waals surface area contributed by atoms with E-state index in [-0.39, 0.29) is 42.6 Å². The molecule has 4 rings (SSSR count). The third-order valence-electron chi connectivity index (χ3n) is 5.19. The average Bonchev–Trinajstić information content (AvgIpc) is 3.34. The summed E-state index contributed by atoms with van der Waals surface area (Å²) < 4.78 is 40.3. The van der Waals surface area contributed by atoms with Crippen LogP contribution in [0.2, 0.25) is 0 Å². The van der Waals surface area contributed by atoms with Gasteiger partial charge < -0.3 is 24.4 Å². The van der Waals surface area contributed by atoms with E-state index in [0.717, 1.165) is 5.56 Å². The van der Waals surface area contributed by atoms with Gasteiger partial charge in [-0.1, -0.05) is 17.8 Å². The molecule has 0 aromatic heterocycles. The Balaban J connectivity index is 1.43. The number of nitrogens with one attached hydrogen (secondary N) is 1. The summed E-state index contributed by atoms with van der Waals surface area (Å²) in [4.78, 5) is 30.4. The molecule has 0 spiro atoms. The number of alkyl carbamates (subject to hydrolysis) is 1. The molecule has 0 bridgehead atoms. The van der Waals surface area contributed by atoms with Crippen LogP contribution < -0.4 is 14.8 Å². The second kappa shape index (κ2) is 9.05. The highest BCUT2D eigenvalue weighted by Crippen LogP contribution is 2.40. The molecule has 2 fully saturated rings. The minimum absolute atomic E-state index is 0.00873. The first-order valence-electron chi connectivity index (χ1n) is 10.6. The standard InChI is InChI=1S/C21H27N3O7S2/c1-21(2,3)31-20(26)22-7-6-18(25)23-19-24(14-10-33(27,28)11-17(14)32-19)9-13-4-5-15-16(8-13)30-12-29-15/h4-5,8,14,17H,6-7,9-12H2,1-3H3,(H,22,26)/t14-,17+/m0/s1. The van der Waals surface area contributed by atoms with E-state index in [9.17, 15) is 18.0 Å². The Morgan fingerprint density at radius 3 is 2.76 bits per heavy atom. The lowest BCUT2D eigenvalue weighted by atomic mass is 10.1. The molecule has 2 saturated heterocycles. The average molecular weight is 498 g/mol. The summed E-state index contributed by atoms with van der Waals surface area (Å²) in [6.45, 7) is 5.92. The molecule has 10 nitrogen and oxygen atoms in total. The predicted octanol–water partition coefficient (Wildman–Crippen LogP) is 1.93. The molecule has 33 heavy (non-hydrogen) atoms. The number of amidine groups is 1. The van der Waals surface area contributed by atoms with Crippen LogP contribution in [0.15, 0.2) is 23.2 Å². The van der Waals surface area contributed by atoms with Gasteiger partial charge in [0.05, 0.1) is 17.5 Å². The van der Waals surface area contributed by atoms with Crippen molar-refractivity contribution in [3.8, 4) is 11.5 Å². The topological polar surface area (TPSA) is 124 Å². The molecule has 2 atom stereocenters. The van der Waals surface area contributed by atoms with E-state index in [1.165, 1.54) is 11.8 Å². The molecule has 3 aliphatic rings. The van der Waals surface area contributed by atoms with Gasteiger partial charge in [-0.15, -0.1) is 0 Å². The first-order chi connectivity index (χ1) is 15.5. The van der Waals surface area contributed by atoms with Crippen LogP contribution in [-0.4, -0.2) is 72.2 Å². The van der Waals surface area contributed by atoms with Gasteiger partial charge in [0, 0.05) is 24.8 Å². The number of nitrogens with zero attached hydrogens (tertiary/aromatic N) is 2. The highest BCUT2D eigenvalue weighted by Gasteiger charge is 2.48. The molecule has 3 aliphatic heterocycles. The summed E-state index contributed by atoms with van der Waals surface area (Å²) in [6.07, 6.45) is -0.586. The first-order valence-corrected chi connectivity index (χ1v) is 13.3. The summed E-state index contributed by atoms with van der Waals surface area (Å²) in [5.41, 5.74) is 0.277. The van der Waals surface area contributed by atoms with Crippen molar-refractivity contribution in [2.45, 2.75) is 50.6 Å². The summed E-state index contributed by atoms with van der Waals surface area (Å²) >= 11 is 1.32. The molecule has 1 aromatic carbocycles. The Labute approximate surface area is 197 Å². The van der Waals surface area contributed by atoms with E-state index >= 15 is 0 Å². The van der Waals surface area contributed by atoms with Crippen molar-refractivity contribution >= 4 is 38.8 Å². The van der Waals surface area contributed by atoms with Gasteiger partial charge in [0.2, 0.25) is 12.7 Å². The van der Waals surface area contributed by atoms with Crippen molar-refractivity contribution < 1.29 is 32.2 Å². The molecule has 1 N–H and O–H groups in total. The second-order valence-electron chi connectivity index (χ2n) is 9.08. The molecule has 3 heterocycles. The van der Waals surface area contributed by atoms with E-state index in [1.807, 2.05) is 23.1 Å². The van der Waals surface area contributed by atoms with Crippen LogP contribution in [0, 0.1) is 0 Å². The normalized spacial score (nSPS) is 24.1. The van der Waals surface area contributed by atoms with Crippen LogP contribution in [0.4, 0.5) is 4.79 Å². The molecule has 0 radical (unpaired) electrons. The molecular formula is C21H27N3O7S2. The number of fused-ring (bicyclic) bond motifs is 2. The monoisotopic (exact) mass is 497 g/mol. The summed E-state index contributed by atoms with van der Waals surface area (Å²) in [5.74, 6) is 0.998. The highest BCUT2D eigenvalue weighted by molar-refractivity contribution is 8.15. The van der Waals surface area contributed by atoms with Gasteiger partial charge in [-0.3, -0.25) is 4.79 Å². The van der Waals surface area contributed by atoms with Crippen molar-refractivity contribution in [2.75, 3.05) is 24.8 Å². The predicted molar refractivity (Wildman–Crippen MR) is 123 cm³/mol. The van der Waals surface area contributed by atoms with Crippen LogP contribution in [-0.2, 0) is 25.9 Å². The van der Waals surface area contributed by atoms with Crippen LogP contribution in [0.5, 0.6) is 11.5 Å². The molecule has 12 heteroatoms. The number of aliphatic imine (C=N–C) groups is 1. The van der Waals surface area contributed by atoms with E-state index in [0.29, 0.717) is 23.2 Å². The number of hydrogen-bond acceptors (Lipinski definition) is 8. The van der Waals surface area contributed by atoms with Gasteiger partial charge in [0.1, 0.15) is 5.60 Å². The fourth-order valence-electron chi connectivity index (χ4n) is 3.80. The lowest BCUT2D eigenvalue weighted by Crippen LogP contribution is -2.37. The number of carbonyl (C=O) groups is 2. The molecular weight excluding hydrogens is 470 g/mol. The Bertz CT molecular complexity index is 1080. The van der Waals surface area contributed by atoms with Crippen molar-refractivity contribution in [1.82, 2.24) is 10.2 Å². The number of benzene rings is 1. The molecule has 0 unspecified atom stereocenters. The van der Waals surface area contributed by atoms with Crippen molar-refractivity contribution in [3.05, 3.63) is 23.8 Å². The Morgan fingerprint density at radius 1 is 1.24 bits per heavy atom. The second-order valence-corrected chi connectivity index (χ2v) is 12.4. The Morgan fingerprint density at radius 2 is 2.00 bits per heavy atom. The van der Waals surface area contributed by atoms with Crippen molar-refractivity contribution in [2.24, 2.45) is 4.99 Å². The van der Waals surface area contributed by atoms with Crippen LogP contribution in [0.1, 0.15) is 32.8 Å². The van der Waals surface area contributed by atoms with Gasteiger partial charge >= 0.3 is 6.09 Å². The molecule has 2 amide bonds. The van der Waals surface area contributed by atoms with Gasteiger partial charge in [-0.25, -0.2) is 13.2 Å². The van der Waals surface area contributed by atoms with Crippen LogP contribution >= 0.6 is 11.8 Å². The molecule has 0 aliphatic carbocycles. The summed E-state index contributed by atoms with van der Waals surface area (Å²) in [7, 11) is -3.14. The maximum Gasteiger partial charge on any atom is 0.407 e. The van der Waals surface area contributed by atoms with Gasteiger partial charge in [0.25, 0.3) is 0 Å². The van der Waals surface area contributed by atoms with E-state index in [2.05, 4.69) is 10.3 Å². The third kappa shape index (κ3) is 5.91. The Kier molecular flexibility index (Phi) is 6.50. The Hall–Kier alpha value is -2.47. The van der Waals surface area contributed by atoms with Crippen LogP contribution in [0.3, 0.4) is 0 Å². The van der Waals surface area contributed by atoms with Crippen molar-refractivity contribution in [3.63, 3.8) is 0 Å². The fraction of sp³-hybridized carbons (Fsp3) is 0.571. The number of ether oxygens (including phenoxy) is 3. The summed E-state index contributed by atoms with van der Waals surface area (Å²) in [5, 5.41) is 2.87. The zero-order chi connectivity index (χ0) is 23.8. The quantitative estimate of drug-likeness (QED) is 0.650. The van der Waals surface area contributed by atoms with E-state index < -0.39 is 27.4 Å². The lowest BCUT2D eigenvalue weighted by molar-refractivity contribution is -0.117. The smallest absolute Gasteiger partial charge is 0.407 e. The number of rotatable bonds is 5. The van der Waals surface area contributed by atoms with E-state index in [1.54, 1.807) is 20.8 Å². The van der Waals surface area contributed by atoms with E-state index in [4.69, 9.17) is 14.2 Å². The van der Waals surface area contributed by atoms with Crippen molar-refractivity contribution in [1.29, 1.82) is 0 Å². The number of sulfone groups is 1. The van der Waals surface area contributed by atoms with Gasteiger partial charge in [-0.2, -0.15) is 4.99 Å². The SMILES string of the molecule is CC(C)(C)OC(=O)NCCC(=O)N=C1S[C@@H]2CS(=O)(=O)C[C@@H]2N1Cc1ccc2c(c1)OCO2. The molecule has 0 saturated carbocycles. The zero-order valence-corrected chi connectivity index (χ0v) is 20.3. The highest BCUT2D eigenvalue weighted by atomic mass is 32.2.